The Labute approximate surface area is 334 Å². The first-order chi connectivity index (χ1) is 28.2. The van der Waals surface area contributed by atoms with Gasteiger partial charge in [0, 0.05) is 58.6 Å². The fourth-order valence-electron chi connectivity index (χ4n) is 8.16. The Morgan fingerprint density at radius 3 is 1.79 bits per heavy atom. The van der Waals surface area contributed by atoms with Gasteiger partial charge < -0.3 is 5.32 Å². The van der Waals surface area contributed by atoms with Crippen LogP contribution >= 0.6 is 11.3 Å². The first-order valence-electron chi connectivity index (χ1n) is 19.2. The van der Waals surface area contributed by atoms with Crippen molar-refractivity contribution in [2.45, 2.75) is 6.17 Å². The van der Waals surface area contributed by atoms with Crippen LogP contribution in [0.3, 0.4) is 0 Å². The number of hydrogen-bond donors (Lipinski definition) is 1. The van der Waals surface area contributed by atoms with E-state index in [1.165, 1.54) is 42.1 Å². The third-order valence-corrected chi connectivity index (χ3v) is 12.1. The number of fused-ring (bicyclic) bond motifs is 7. The molecule has 0 bridgehead atoms. The summed E-state index contributed by atoms with van der Waals surface area (Å²) in [5.74, 6) is 1.49. The van der Waals surface area contributed by atoms with Crippen LogP contribution in [0.1, 0.15) is 22.9 Å². The Hall–Kier alpha value is -7.21. The maximum Gasteiger partial charge on any atom is 0.159 e. The maximum absolute atomic E-state index is 5.50. The van der Waals surface area contributed by atoms with Crippen LogP contribution < -0.4 is 5.32 Å². The van der Waals surface area contributed by atoms with Crippen molar-refractivity contribution in [1.82, 2.24) is 10.3 Å². The van der Waals surface area contributed by atoms with Crippen LogP contribution in [0.15, 0.2) is 204 Å². The van der Waals surface area contributed by atoms with Gasteiger partial charge in [-0.15, -0.1) is 11.3 Å². The average Bonchev–Trinajstić information content (AvgIpc) is 3.68. The minimum Gasteiger partial charge on any atom is -0.344 e. The molecule has 0 amide bonds. The van der Waals surface area contributed by atoms with Gasteiger partial charge in [0.25, 0.3) is 0 Å². The molecule has 0 saturated heterocycles. The molecule has 0 fully saturated rings. The van der Waals surface area contributed by atoms with E-state index in [0.29, 0.717) is 5.84 Å². The summed E-state index contributed by atoms with van der Waals surface area (Å²) < 4.78 is 2.58. The monoisotopic (exact) mass is 746 g/mol. The van der Waals surface area contributed by atoms with Gasteiger partial charge in [0.15, 0.2) is 5.84 Å². The number of benzene rings is 8. The third-order valence-electron chi connectivity index (χ3n) is 11.0. The number of rotatable bonds is 6. The van der Waals surface area contributed by atoms with Crippen LogP contribution in [0, 0.1) is 0 Å². The van der Waals surface area contributed by atoms with Gasteiger partial charge in [-0.1, -0.05) is 182 Å². The Balaban J connectivity index is 1.02. The van der Waals surface area contributed by atoms with Gasteiger partial charge in [-0.2, -0.15) is 0 Å². The summed E-state index contributed by atoms with van der Waals surface area (Å²) in [6.45, 7) is 0. The van der Waals surface area contributed by atoms with E-state index < -0.39 is 0 Å². The molecule has 8 aromatic carbocycles. The van der Waals surface area contributed by atoms with Crippen molar-refractivity contribution in [1.29, 1.82) is 0 Å². The molecule has 1 atom stereocenters. The highest BCUT2D eigenvalue weighted by molar-refractivity contribution is 7.26. The molecule has 2 aromatic heterocycles. The van der Waals surface area contributed by atoms with Crippen molar-refractivity contribution in [2.24, 2.45) is 9.98 Å². The minimum absolute atomic E-state index is 0.297. The van der Waals surface area contributed by atoms with Gasteiger partial charge in [0.1, 0.15) is 12.0 Å². The van der Waals surface area contributed by atoms with Crippen LogP contribution in [0.2, 0.25) is 0 Å². The van der Waals surface area contributed by atoms with E-state index >= 15 is 0 Å². The Bertz CT molecular complexity index is 3170. The normalized spacial score (nSPS) is 14.1. The molecule has 0 radical (unpaired) electrons. The van der Waals surface area contributed by atoms with E-state index in [1.807, 2.05) is 35.6 Å². The second-order valence-electron chi connectivity index (χ2n) is 14.4. The zero-order valence-electron chi connectivity index (χ0n) is 30.8. The quantitative estimate of drug-likeness (QED) is 0.172. The highest BCUT2D eigenvalue weighted by atomic mass is 32.1. The summed E-state index contributed by atoms with van der Waals surface area (Å²) in [7, 11) is 0. The van der Waals surface area contributed by atoms with Crippen molar-refractivity contribution in [3.8, 4) is 33.5 Å². The van der Waals surface area contributed by atoms with Crippen molar-refractivity contribution in [2.75, 3.05) is 0 Å². The van der Waals surface area contributed by atoms with E-state index in [-0.39, 0.29) is 6.17 Å². The van der Waals surface area contributed by atoms with Gasteiger partial charge in [-0.3, -0.25) is 0 Å². The number of amidine groups is 2. The Kier molecular flexibility index (Phi) is 8.04. The molecule has 0 saturated carbocycles. The van der Waals surface area contributed by atoms with E-state index in [1.54, 1.807) is 0 Å². The number of aliphatic imine (C=N–C) groups is 2. The maximum atomic E-state index is 5.50. The second kappa shape index (κ2) is 13.8. The molecule has 11 rings (SSSR count). The van der Waals surface area contributed by atoms with Crippen molar-refractivity contribution in [3.05, 3.63) is 211 Å². The zero-order valence-corrected chi connectivity index (χ0v) is 31.6. The summed E-state index contributed by atoms with van der Waals surface area (Å²) in [6, 6.07) is 68.5. The van der Waals surface area contributed by atoms with Crippen LogP contribution in [-0.4, -0.2) is 16.7 Å². The van der Waals surface area contributed by atoms with Crippen LogP contribution in [0.4, 0.5) is 0 Å². The van der Waals surface area contributed by atoms with E-state index in [2.05, 4.69) is 175 Å². The molecule has 1 unspecified atom stereocenters. The van der Waals surface area contributed by atoms with Gasteiger partial charge in [0.2, 0.25) is 0 Å². The fourth-order valence-corrected chi connectivity index (χ4v) is 9.27. The minimum atomic E-state index is -0.297. The summed E-state index contributed by atoms with van der Waals surface area (Å²) in [5, 5.41) is 9.82. The number of hydrogen-bond acceptors (Lipinski definition) is 5. The summed E-state index contributed by atoms with van der Waals surface area (Å²) >= 11 is 1.85. The molecule has 4 nitrogen and oxygen atoms in total. The van der Waals surface area contributed by atoms with Crippen LogP contribution in [0.5, 0.6) is 0 Å². The predicted molar refractivity (Wildman–Crippen MR) is 240 cm³/mol. The molecule has 268 valence electrons. The van der Waals surface area contributed by atoms with Gasteiger partial charge in [-0.25, -0.2) is 15.0 Å². The molecular formula is C52H34N4S. The molecule has 1 aliphatic rings. The van der Waals surface area contributed by atoms with Gasteiger partial charge in [0.05, 0.1) is 11.2 Å². The number of aromatic nitrogens is 1. The lowest BCUT2D eigenvalue weighted by Gasteiger charge is -2.24. The molecule has 1 N–H and O–H groups in total. The average molecular weight is 747 g/mol. The van der Waals surface area contributed by atoms with Crippen molar-refractivity contribution < 1.29 is 0 Å². The first-order valence-corrected chi connectivity index (χ1v) is 20.0. The molecule has 1 aliphatic heterocycles. The molecule has 0 spiro atoms. The topological polar surface area (TPSA) is 49.6 Å². The predicted octanol–water partition coefficient (Wildman–Crippen LogP) is 13.3. The molecular weight excluding hydrogens is 713 g/mol. The first kappa shape index (κ1) is 33.2. The zero-order chi connectivity index (χ0) is 37.7. The Morgan fingerprint density at radius 2 is 1.04 bits per heavy atom. The molecule has 3 heterocycles. The smallest absolute Gasteiger partial charge is 0.159 e. The fraction of sp³-hybridized carbons (Fsp3) is 0.0192. The number of nitrogens with one attached hydrogen (secondary N) is 1. The lowest BCUT2D eigenvalue weighted by atomic mass is 9.93. The number of thiophene rings is 1. The summed E-state index contributed by atoms with van der Waals surface area (Å²) in [6.07, 6.45) is -0.297. The van der Waals surface area contributed by atoms with Crippen LogP contribution in [-0.2, 0) is 0 Å². The molecule has 5 heteroatoms. The number of pyridine rings is 1. The van der Waals surface area contributed by atoms with Crippen LogP contribution in [0.25, 0.3) is 75.4 Å². The Morgan fingerprint density at radius 1 is 0.421 bits per heavy atom. The standard InChI is InChI=1S/C52H34N4S/c1-4-13-33(14-5-1)34-23-27-38(28-24-34)51-54-50(37-17-8-3-9-18-37)55-52(56-51)39-29-25-35(26-30-39)40-20-12-21-42-46-43(48(53-49(40)42)36-15-6-2-7-16-36)31-32-45-47(46)41-19-10-11-22-44(41)57-45/h1-32,51H,(H,54,55,56). The summed E-state index contributed by atoms with van der Waals surface area (Å²) in [5.41, 5.74) is 10.7. The summed E-state index contributed by atoms with van der Waals surface area (Å²) in [4.78, 5) is 15.7. The van der Waals surface area contributed by atoms with Crippen molar-refractivity contribution >= 4 is 64.9 Å². The van der Waals surface area contributed by atoms with E-state index in [9.17, 15) is 0 Å². The molecule has 10 aromatic rings. The molecule has 0 aliphatic carbocycles. The van der Waals surface area contributed by atoms with E-state index in [4.69, 9.17) is 15.0 Å². The largest absolute Gasteiger partial charge is 0.344 e. The molecule has 57 heavy (non-hydrogen) atoms. The highest BCUT2D eigenvalue weighted by Crippen LogP contribution is 2.44. The van der Waals surface area contributed by atoms with Gasteiger partial charge in [-0.05, 0) is 34.4 Å². The van der Waals surface area contributed by atoms with Gasteiger partial charge >= 0.3 is 0 Å². The number of nitrogens with zero attached hydrogens (tertiary/aromatic N) is 3. The lowest BCUT2D eigenvalue weighted by Crippen LogP contribution is -2.33. The SMILES string of the molecule is c1ccc(C2=NC(c3ccc(-c4ccccc4)cc3)NC(c3ccc(-c4cccc5c4nc(-c4ccccc4)c4ccc6sc7ccccc7c6c45)cc3)=N2)cc1. The third kappa shape index (κ3) is 5.88. The highest BCUT2D eigenvalue weighted by Gasteiger charge is 2.22. The number of para-hydroxylation sites is 1. The van der Waals surface area contributed by atoms with E-state index in [0.717, 1.165) is 55.8 Å². The van der Waals surface area contributed by atoms with Crippen molar-refractivity contribution in [3.63, 3.8) is 0 Å². The second-order valence-corrected chi connectivity index (χ2v) is 15.5. The lowest BCUT2D eigenvalue weighted by molar-refractivity contribution is 0.674.